The van der Waals surface area contributed by atoms with Crippen LogP contribution >= 0.6 is 15.9 Å². The minimum absolute atomic E-state index is 0.0102. The van der Waals surface area contributed by atoms with Crippen molar-refractivity contribution in [3.63, 3.8) is 0 Å². The van der Waals surface area contributed by atoms with E-state index in [1.807, 2.05) is 0 Å². The van der Waals surface area contributed by atoms with Gasteiger partial charge in [-0.05, 0) is 55.2 Å². The lowest BCUT2D eigenvalue weighted by Crippen LogP contribution is -2.46. The molecular weight excluding hydrogens is 274 g/mol. The smallest absolute Gasteiger partial charge is 0.0195 e. The molecule has 0 aliphatic heterocycles. The zero-order valence-corrected chi connectivity index (χ0v) is 12.4. The molecular formula is C15H22BrN. The second kappa shape index (κ2) is 4.74. The van der Waals surface area contributed by atoms with Gasteiger partial charge in [-0.25, -0.2) is 0 Å². The molecule has 94 valence electrons. The van der Waals surface area contributed by atoms with Gasteiger partial charge in [0, 0.05) is 10.0 Å². The van der Waals surface area contributed by atoms with E-state index < -0.39 is 0 Å². The summed E-state index contributed by atoms with van der Waals surface area (Å²) in [6, 6.07) is 8.53. The Bertz CT molecular complexity index is 388. The van der Waals surface area contributed by atoms with Crippen molar-refractivity contribution >= 4 is 15.9 Å². The van der Waals surface area contributed by atoms with Crippen LogP contribution in [0.15, 0.2) is 28.7 Å². The third-order valence-corrected chi connectivity index (χ3v) is 4.54. The summed E-state index contributed by atoms with van der Waals surface area (Å²) in [5.74, 6) is 0. The fourth-order valence-electron chi connectivity index (χ4n) is 2.65. The highest BCUT2D eigenvalue weighted by molar-refractivity contribution is 9.10. The van der Waals surface area contributed by atoms with Crippen LogP contribution < -0.4 is 5.73 Å². The maximum Gasteiger partial charge on any atom is 0.0195 e. The predicted molar refractivity (Wildman–Crippen MR) is 77.0 cm³/mol. The zero-order chi connectivity index (χ0) is 12.5. The summed E-state index contributed by atoms with van der Waals surface area (Å²) in [4.78, 5) is 0. The summed E-state index contributed by atoms with van der Waals surface area (Å²) in [7, 11) is 0. The van der Waals surface area contributed by atoms with Crippen molar-refractivity contribution in [1.29, 1.82) is 0 Å². The molecule has 1 aromatic rings. The molecule has 1 aliphatic rings. The van der Waals surface area contributed by atoms with Gasteiger partial charge < -0.3 is 5.73 Å². The summed E-state index contributed by atoms with van der Waals surface area (Å²) in [5, 5.41) is 0. The lowest BCUT2D eigenvalue weighted by atomic mass is 9.68. The summed E-state index contributed by atoms with van der Waals surface area (Å²) >= 11 is 3.52. The Morgan fingerprint density at radius 3 is 2.41 bits per heavy atom. The van der Waals surface area contributed by atoms with E-state index in [1.165, 1.54) is 18.4 Å². The first-order valence-corrected chi connectivity index (χ1v) is 7.21. The second-order valence-electron chi connectivity index (χ2n) is 6.33. The molecule has 1 fully saturated rings. The minimum Gasteiger partial charge on any atom is -0.325 e. The van der Waals surface area contributed by atoms with Crippen molar-refractivity contribution in [1.82, 2.24) is 0 Å². The van der Waals surface area contributed by atoms with Gasteiger partial charge in [-0.1, -0.05) is 41.9 Å². The van der Waals surface area contributed by atoms with Crippen LogP contribution in [0.4, 0.5) is 0 Å². The molecule has 1 aromatic carbocycles. The van der Waals surface area contributed by atoms with Gasteiger partial charge in [-0.15, -0.1) is 0 Å². The molecule has 0 amide bonds. The minimum atomic E-state index is 0.0102. The highest BCUT2D eigenvalue weighted by Crippen LogP contribution is 2.40. The van der Waals surface area contributed by atoms with Gasteiger partial charge >= 0.3 is 0 Å². The zero-order valence-electron chi connectivity index (χ0n) is 10.8. The normalized spacial score (nSPS) is 22.4. The van der Waals surface area contributed by atoms with E-state index >= 15 is 0 Å². The average molecular weight is 296 g/mol. The third kappa shape index (κ3) is 3.56. The van der Waals surface area contributed by atoms with Gasteiger partial charge in [0.1, 0.15) is 0 Å². The third-order valence-electron chi connectivity index (χ3n) is 4.04. The molecule has 2 N–H and O–H groups in total. The largest absolute Gasteiger partial charge is 0.325 e. The Morgan fingerprint density at radius 1 is 1.18 bits per heavy atom. The first kappa shape index (κ1) is 13.1. The van der Waals surface area contributed by atoms with Crippen molar-refractivity contribution in [2.75, 3.05) is 0 Å². The van der Waals surface area contributed by atoms with Crippen molar-refractivity contribution in [2.45, 2.75) is 51.5 Å². The van der Waals surface area contributed by atoms with Crippen molar-refractivity contribution in [3.8, 4) is 0 Å². The average Bonchev–Trinajstić information content (AvgIpc) is 2.24. The van der Waals surface area contributed by atoms with Gasteiger partial charge in [0.25, 0.3) is 0 Å². The van der Waals surface area contributed by atoms with Gasteiger partial charge in [0.2, 0.25) is 0 Å². The number of benzene rings is 1. The Hall–Kier alpha value is -0.340. The number of rotatable bonds is 2. The molecule has 0 spiro atoms. The van der Waals surface area contributed by atoms with Gasteiger partial charge in [0.05, 0.1) is 0 Å². The van der Waals surface area contributed by atoms with Crippen LogP contribution in [-0.4, -0.2) is 5.54 Å². The molecule has 0 radical (unpaired) electrons. The second-order valence-corrected chi connectivity index (χ2v) is 7.25. The number of hydrogen-bond donors (Lipinski definition) is 1. The topological polar surface area (TPSA) is 26.0 Å². The summed E-state index contributed by atoms with van der Waals surface area (Å²) in [6.07, 6.45) is 5.79. The van der Waals surface area contributed by atoms with Crippen LogP contribution in [0.2, 0.25) is 0 Å². The standard InChI is InChI=1S/C15H22BrN/c1-14(2)6-8-15(17,9-7-14)11-12-4-3-5-13(16)10-12/h3-5,10H,6-9,11,17H2,1-2H3. The molecule has 0 heterocycles. The predicted octanol–water partition coefficient (Wildman–Crippen LogP) is 4.29. The molecule has 0 atom stereocenters. The Kier molecular flexibility index (Phi) is 3.65. The van der Waals surface area contributed by atoms with Gasteiger partial charge in [0.15, 0.2) is 0 Å². The van der Waals surface area contributed by atoms with E-state index in [4.69, 9.17) is 5.73 Å². The first-order valence-electron chi connectivity index (χ1n) is 6.42. The fourth-order valence-corrected chi connectivity index (χ4v) is 3.10. The van der Waals surface area contributed by atoms with Gasteiger partial charge in [-0.2, -0.15) is 0 Å². The van der Waals surface area contributed by atoms with Crippen molar-refractivity contribution in [3.05, 3.63) is 34.3 Å². The Morgan fingerprint density at radius 2 is 1.82 bits per heavy atom. The van der Waals surface area contributed by atoms with Crippen LogP contribution in [0.1, 0.15) is 45.1 Å². The van der Waals surface area contributed by atoms with E-state index in [-0.39, 0.29) is 5.54 Å². The number of hydrogen-bond acceptors (Lipinski definition) is 1. The van der Waals surface area contributed by atoms with E-state index in [2.05, 4.69) is 54.0 Å². The molecule has 0 bridgehead atoms. The number of nitrogens with two attached hydrogens (primary N) is 1. The van der Waals surface area contributed by atoms with Crippen LogP contribution in [-0.2, 0) is 6.42 Å². The van der Waals surface area contributed by atoms with Crippen molar-refractivity contribution < 1.29 is 0 Å². The molecule has 1 nitrogen and oxygen atoms in total. The first-order chi connectivity index (χ1) is 7.89. The van der Waals surface area contributed by atoms with Crippen LogP contribution in [0.25, 0.3) is 0 Å². The van der Waals surface area contributed by atoms with E-state index in [0.717, 1.165) is 23.7 Å². The maximum absolute atomic E-state index is 6.55. The summed E-state index contributed by atoms with van der Waals surface area (Å²) in [6.45, 7) is 4.71. The summed E-state index contributed by atoms with van der Waals surface area (Å²) in [5.41, 5.74) is 8.39. The highest BCUT2D eigenvalue weighted by Gasteiger charge is 2.35. The number of halogens is 1. The summed E-state index contributed by atoms with van der Waals surface area (Å²) < 4.78 is 1.15. The molecule has 2 heteroatoms. The SMILES string of the molecule is CC1(C)CCC(N)(Cc2cccc(Br)c2)CC1. The van der Waals surface area contributed by atoms with E-state index in [1.54, 1.807) is 0 Å². The van der Waals surface area contributed by atoms with E-state index in [0.29, 0.717) is 5.41 Å². The highest BCUT2D eigenvalue weighted by atomic mass is 79.9. The molecule has 0 unspecified atom stereocenters. The van der Waals surface area contributed by atoms with Crippen LogP contribution in [0.5, 0.6) is 0 Å². The monoisotopic (exact) mass is 295 g/mol. The fraction of sp³-hybridized carbons (Fsp3) is 0.600. The maximum atomic E-state index is 6.55. The molecule has 1 aliphatic carbocycles. The van der Waals surface area contributed by atoms with Crippen LogP contribution in [0.3, 0.4) is 0 Å². The van der Waals surface area contributed by atoms with E-state index in [9.17, 15) is 0 Å². The van der Waals surface area contributed by atoms with Crippen LogP contribution in [0, 0.1) is 5.41 Å². The van der Waals surface area contributed by atoms with Crippen molar-refractivity contribution in [2.24, 2.45) is 11.1 Å². The van der Waals surface area contributed by atoms with Gasteiger partial charge in [-0.3, -0.25) is 0 Å². The molecule has 0 aromatic heterocycles. The molecule has 0 saturated heterocycles. The lowest BCUT2D eigenvalue weighted by molar-refractivity contribution is 0.164. The quantitative estimate of drug-likeness (QED) is 0.865. The lowest BCUT2D eigenvalue weighted by Gasteiger charge is -2.41. The molecule has 17 heavy (non-hydrogen) atoms. The Labute approximate surface area is 113 Å². The molecule has 2 rings (SSSR count). The Balaban J connectivity index is 2.04. The molecule has 1 saturated carbocycles.